The molecule has 5 heteroatoms. The molecule has 1 heterocycles. The van der Waals surface area contributed by atoms with Crippen molar-refractivity contribution in [1.82, 2.24) is 0 Å². The molecule has 0 radical (unpaired) electrons. The Balaban J connectivity index is 0.00000128. The molecule has 1 atom stereocenters. The van der Waals surface area contributed by atoms with Crippen molar-refractivity contribution >= 4 is 36.8 Å². The minimum atomic E-state index is -0.342. The van der Waals surface area contributed by atoms with Crippen molar-refractivity contribution in [2.75, 3.05) is 7.11 Å². The van der Waals surface area contributed by atoms with Crippen molar-refractivity contribution in [2.24, 2.45) is 0 Å². The quantitative estimate of drug-likeness (QED) is 0.486. The zero-order valence-electron chi connectivity index (χ0n) is 8.83. The summed E-state index contributed by atoms with van der Waals surface area (Å²) in [7, 11) is 1.58. The summed E-state index contributed by atoms with van der Waals surface area (Å²) in [5.41, 5.74) is 1.13. The van der Waals surface area contributed by atoms with Crippen LogP contribution in [0.25, 0.3) is 11.0 Å². The number of hydrogen-bond donors (Lipinski definition) is 0. The SMILES string of the molecule is COc1ccc2c(CBr)cc(=O)oc2c1.P. The Morgan fingerprint density at radius 2 is 2.12 bits per heavy atom. The highest BCUT2D eigenvalue weighted by molar-refractivity contribution is 9.08. The maximum absolute atomic E-state index is 11.2. The lowest BCUT2D eigenvalue weighted by molar-refractivity contribution is 0.414. The van der Waals surface area contributed by atoms with E-state index in [0.717, 1.165) is 10.9 Å². The minimum absolute atomic E-state index is 0. The maximum atomic E-state index is 11.2. The average Bonchev–Trinajstić information content (AvgIpc) is 2.26. The Bertz CT molecular complexity index is 550. The van der Waals surface area contributed by atoms with E-state index in [1.54, 1.807) is 13.2 Å². The van der Waals surface area contributed by atoms with Crippen LogP contribution in [0.15, 0.2) is 33.5 Å². The fraction of sp³-hybridized carbons (Fsp3) is 0.182. The van der Waals surface area contributed by atoms with E-state index in [1.807, 2.05) is 12.1 Å². The van der Waals surface area contributed by atoms with E-state index in [4.69, 9.17) is 9.15 Å². The lowest BCUT2D eigenvalue weighted by atomic mass is 10.1. The van der Waals surface area contributed by atoms with Gasteiger partial charge in [-0.3, -0.25) is 0 Å². The predicted octanol–water partition coefficient (Wildman–Crippen LogP) is 2.75. The zero-order chi connectivity index (χ0) is 10.8. The van der Waals surface area contributed by atoms with Crippen LogP contribution in [0.2, 0.25) is 0 Å². The Labute approximate surface area is 105 Å². The van der Waals surface area contributed by atoms with Crippen LogP contribution in [0, 0.1) is 0 Å². The van der Waals surface area contributed by atoms with E-state index in [9.17, 15) is 4.79 Å². The van der Waals surface area contributed by atoms with Crippen molar-refractivity contribution in [3.05, 3.63) is 40.2 Å². The molecular weight excluding hydrogens is 291 g/mol. The van der Waals surface area contributed by atoms with Gasteiger partial charge in [-0.25, -0.2) is 4.79 Å². The maximum Gasteiger partial charge on any atom is 0.336 e. The summed E-state index contributed by atoms with van der Waals surface area (Å²) in [4.78, 5) is 11.2. The predicted molar refractivity (Wildman–Crippen MR) is 72.8 cm³/mol. The number of fused-ring (bicyclic) bond motifs is 1. The molecule has 0 fully saturated rings. The number of rotatable bonds is 2. The average molecular weight is 303 g/mol. The van der Waals surface area contributed by atoms with Gasteiger partial charge in [-0.15, -0.1) is 0 Å². The van der Waals surface area contributed by atoms with E-state index < -0.39 is 0 Å². The van der Waals surface area contributed by atoms with Gasteiger partial charge < -0.3 is 9.15 Å². The smallest absolute Gasteiger partial charge is 0.336 e. The molecule has 86 valence electrons. The summed E-state index contributed by atoms with van der Waals surface area (Å²) < 4.78 is 10.2. The first-order chi connectivity index (χ1) is 7.24. The third-order valence-corrected chi connectivity index (χ3v) is 2.79. The van der Waals surface area contributed by atoms with Crippen molar-refractivity contribution in [2.45, 2.75) is 5.33 Å². The van der Waals surface area contributed by atoms with Gasteiger partial charge in [0.05, 0.1) is 7.11 Å². The van der Waals surface area contributed by atoms with Gasteiger partial charge in [-0.1, -0.05) is 15.9 Å². The van der Waals surface area contributed by atoms with Gasteiger partial charge in [-0.2, -0.15) is 9.90 Å². The number of ether oxygens (including phenoxy) is 1. The van der Waals surface area contributed by atoms with Crippen LogP contribution in [0.1, 0.15) is 5.56 Å². The van der Waals surface area contributed by atoms with E-state index in [-0.39, 0.29) is 15.5 Å². The fourth-order valence-corrected chi connectivity index (χ4v) is 1.91. The molecule has 1 aromatic carbocycles. The largest absolute Gasteiger partial charge is 0.497 e. The molecule has 3 nitrogen and oxygen atoms in total. The summed E-state index contributed by atoms with van der Waals surface area (Å²) in [6.45, 7) is 0. The highest BCUT2D eigenvalue weighted by Gasteiger charge is 2.05. The molecule has 0 amide bonds. The minimum Gasteiger partial charge on any atom is -0.497 e. The van der Waals surface area contributed by atoms with E-state index >= 15 is 0 Å². The van der Waals surface area contributed by atoms with Gasteiger partial charge in [0, 0.05) is 22.8 Å². The molecular formula is C11H12BrO3P. The monoisotopic (exact) mass is 302 g/mol. The summed E-state index contributed by atoms with van der Waals surface area (Å²) >= 11 is 3.34. The Morgan fingerprint density at radius 3 is 2.75 bits per heavy atom. The van der Waals surface area contributed by atoms with Crippen LogP contribution >= 0.6 is 25.8 Å². The summed E-state index contributed by atoms with van der Waals surface area (Å²) in [5.74, 6) is 0.678. The first kappa shape index (κ1) is 13.2. The van der Waals surface area contributed by atoms with E-state index in [0.29, 0.717) is 16.7 Å². The molecule has 0 saturated heterocycles. The highest BCUT2D eigenvalue weighted by Crippen LogP contribution is 2.23. The second-order valence-corrected chi connectivity index (χ2v) is 3.65. The molecule has 2 aromatic rings. The van der Waals surface area contributed by atoms with Gasteiger partial charge in [0.2, 0.25) is 0 Å². The molecule has 16 heavy (non-hydrogen) atoms. The number of methoxy groups -OCH3 is 1. The van der Waals surface area contributed by atoms with Crippen LogP contribution in [0.3, 0.4) is 0 Å². The topological polar surface area (TPSA) is 39.4 Å². The molecule has 2 rings (SSSR count). The highest BCUT2D eigenvalue weighted by atomic mass is 79.9. The normalized spacial score (nSPS) is 9.88. The molecule has 1 aromatic heterocycles. The van der Waals surface area contributed by atoms with Gasteiger partial charge in [-0.05, 0) is 17.7 Å². The van der Waals surface area contributed by atoms with Crippen LogP contribution in [0.5, 0.6) is 5.75 Å². The van der Waals surface area contributed by atoms with Crippen molar-refractivity contribution in [1.29, 1.82) is 0 Å². The molecule has 0 spiro atoms. The molecule has 1 unspecified atom stereocenters. The van der Waals surface area contributed by atoms with Crippen LogP contribution < -0.4 is 10.4 Å². The second kappa shape index (κ2) is 5.46. The first-order valence-corrected chi connectivity index (χ1v) is 5.53. The number of hydrogen-bond acceptors (Lipinski definition) is 3. The van der Waals surface area contributed by atoms with Gasteiger partial charge in [0.15, 0.2) is 0 Å². The van der Waals surface area contributed by atoms with E-state index in [1.165, 1.54) is 6.07 Å². The Morgan fingerprint density at radius 1 is 1.38 bits per heavy atom. The second-order valence-electron chi connectivity index (χ2n) is 3.09. The van der Waals surface area contributed by atoms with Gasteiger partial charge in [0.1, 0.15) is 11.3 Å². The van der Waals surface area contributed by atoms with Crippen molar-refractivity contribution < 1.29 is 9.15 Å². The molecule has 0 aliphatic heterocycles. The van der Waals surface area contributed by atoms with E-state index in [2.05, 4.69) is 15.9 Å². The summed E-state index contributed by atoms with van der Waals surface area (Å²) in [5, 5.41) is 1.55. The number of halogens is 1. The lowest BCUT2D eigenvalue weighted by Crippen LogP contribution is -1.99. The molecule has 0 saturated carbocycles. The van der Waals surface area contributed by atoms with Gasteiger partial charge >= 0.3 is 5.63 Å². The number of benzene rings is 1. The van der Waals surface area contributed by atoms with Crippen molar-refractivity contribution in [3.63, 3.8) is 0 Å². The number of alkyl halides is 1. The van der Waals surface area contributed by atoms with Crippen LogP contribution in [0.4, 0.5) is 0 Å². The molecule has 0 aliphatic carbocycles. The first-order valence-electron chi connectivity index (χ1n) is 4.41. The van der Waals surface area contributed by atoms with Crippen molar-refractivity contribution in [3.8, 4) is 5.75 Å². The van der Waals surface area contributed by atoms with Gasteiger partial charge in [0.25, 0.3) is 0 Å². The third kappa shape index (κ3) is 2.45. The summed E-state index contributed by atoms with van der Waals surface area (Å²) in [6, 6.07) is 6.93. The summed E-state index contributed by atoms with van der Waals surface area (Å²) in [6.07, 6.45) is 0. The molecule has 0 bridgehead atoms. The van der Waals surface area contributed by atoms with Crippen LogP contribution in [-0.2, 0) is 5.33 Å². The molecule has 0 aliphatic rings. The zero-order valence-corrected chi connectivity index (χ0v) is 11.8. The Hall–Kier alpha value is -0.860. The van der Waals surface area contributed by atoms with Crippen LogP contribution in [-0.4, -0.2) is 7.11 Å². The third-order valence-electron chi connectivity index (χ3n) is 2.18. The standard InChI is InChI=1S/C11H9BrO3.H3P/c1-14-8-2-3-9-7(6-12)4-11(13)15-10(9)5-8;/h2-5H,6H2,1H3;1H3. The molecule has 0 N–H and O–H groups in total. The Kier molecular flexibility index (Phi) is 4.51. The fourth-order valence-electron chi connectivity index (χ4n) is 1.45. The lowest BCUT2D eigenvalue weighted by Gasteiger charge is -2.04.